The van der Waals surface area contributed by atoms with Crippen LogP contribution in [0.5, 0.6) is 0 Å². The molecule has 1 heterocycles. The molecule has 0 spiro atoms. The first kappa shape index (κ1) is 18.7. The first-order chi connectivity index (χ1) is 12.3. The maximum atomic E-state index is 12.3. The van der Waals surface area contributed by atoms with Crippen LogP contribution in [0.15, 0.2) is 41.4 Å². The number of halogens is 1. The topological polar surface area (TPSA) is 42.0 Å². The van der Waals surface area contributed by atoms with Crippen LogP contribution in [0, 0.1) is 27.7 Å². The van der Waals surface area contributed by atoms with E-state index in [9.17, 15) is 4.79 Å². The molecule has 0 radical (unpaired) electrons. The van der Waals surface area contributed by atoms with Crippen LogP contribution in [0.4, 0.5) is 5.69 Å². The summed E-state index contributed by atoms with van der Waals surface area (Å²) in [7, 11) is 0. The van der Waals surface area contributed by atoms with Gasteiger partial charge < -0.3 is 5.32 Å². The first-order valence-electron chi connectivity index (χ1n) is 8.41. The van der Waals surface area contributed by atoms with Gasteiger partial charge in [0, 0.05) is 16.1 Å². The van der Waals surface area contributed by atoms with Gasteiger partial charge in [0.05, 0.1) is 16.3 Å². The van der Waals surface area contributed by atoms with Crippen molar-refractivity contribution in [3.05, 3.63) is 63.7 Å². The SMILES string of the molecule is Cc1cc(C)c2nc(SCC(=O)Nc3cc(Cl)ccc3C)cc(C)c2c1. The molecule has 0 fully saturated rings. The number of carbonyl (C=O) groups excluding carboxylic acids is 1. The number of nitrogens with one attached hydrogen (secondary N) is 1. The Bertz CT molecular complexity index is 1000. The van der Waals surface area contributed by atoms with E-state index < -0.39 is 0 Å². The van der Waals surface area contributed by atoms with Crippen LogP contribution < -0.4 is 5.32 Å². The van der Waals surface area contributed by atoms with E-state index in [0.29, 0.717) is 10.8 Å². The number of carbonyl (C=O) groups is 1. The van der Waals surface area contributed by atoms with Crippen LogP contribution in [0.3, 0.4) is 0 Å². The van der Waals surface area contributed by atoms with E-state index in [1.165, 1.54) is 28.3 Å². The Morgan fingerprint density at radius 1 is 1.04 bits per heavy atom. The second kappa shape index (κ2) is 7.68. The molecule has 3 nitrogen and oxygen atoms in total. The highest BCUT2D eigenvalue weighted by molar-refractivity contribution is 7.99. The van der Waals surface area contributed by atoms with Crippen molar-refractivity contribution in [3.8, 4) is 0 Å². The maximum absolute atomic E-state index is 12.3. The van der Waals surface area contributed by atoms with Gasteiger partial charge in [-0.15, -0.1) is 0 Å². The normalized spacial score (nSPS) is 11.0. The summed E-state index contributed by atoms with van der Waals surface area (Å²) in [5, 5.41) is 5.56. The molecule has 0 atom stereocenters. The molecule has 0 bridgehead atoms. The number of benzene rings is 2. The Labute approximate surface area is 163 Å². The Morgan fingerprint density at radius 2 is 1.81 bits per heavy atom. The quantitative estimate of drug-likeness (QED) is 0.573. The minimum absolute atomic E-state index is 0.0689. The number of hydrogen-bond donors (Lipinski definition) is 1. The van der Waals surface area contributed by atoms with Gasteiger partial charge in [0.1, 0.15) is 0 Å². The van der Waals surface area contributed by atoms with E-state index >= 15 is 0 Å². The molecular weight excluding hydrogens is 364 g/mol. The minimum atomic E-state index is -0.0689. The van der Waals surface area contributed by atoms with Crippen molar-refractivity contribution in [1.29, 1.82) is 0 Å². The number of hydrogen-bond acceptors (Lipinski definition) is 3. The van der Waals surface area contributed by atoms with E-state index in [4.69, 9.17) is 16.6 Å². The standard InChI is InChI=1S/C21H21ClN2OS/c1-12-7-15(4)21-17(8-12)14(3)9-20(24-21)26-11-19(25)23-18-10-16(22)6-5-13(18)2/h5-10H,11H2,1-4H3,(H,23,25). The summed E-state index contributed by atoms with van der Waals surface area (Å²) in [6, 6.07) is 11.8. The number of anilines is 1. The summed E-state index contributed by atoms with van der Waals surface area (Å²) in [6.45, 7) is 8.20. The zero-order valence-electron chi connectivity index (χ0n) is 15.3. The van der Waals surface area contributed by atoms with Gasteiger partial charge in [-0.25, -0.2) is 4.98 Å². The van der Waals surface area contributed by atoms with Crippen LogP contribution in [-0.4, -0.2) is 16.6 Å². The van der Waals surface area contributed by atoms with Gasteiger partial charge in [-0.3, -0.25) is 4.79 Å². The monoisotopic (exact) mass is 384 g/mol. The summed E-state index contributed by atoms with van der Waals surface area (Å²) < 4.78 is 0. The summed E-state index contributed by atoms with van der Waals surface area (Å²) in [5.41, 5.74) is 6.30. The van der Waals surface area contributed by atoms with Gasteiger partial charge in [-0.2, -0.15) is 0 Å². The Balaban J connectivity index is 1.75. The fourth-order valence-electron chi connectivity index (χ4n) is 2.94. The van der Waals surface area contributed by atoms with Gasteiger partial charge in [-0.1, -0.05) is 41.1 Å². The average molecular weight is 385 g/mol. The number of aryl methyl sites for hydroxylation is 4. The summed E-state index contributed by atoms with van der Waals surface area (Å²) in [6.07, 6.45) is 0. The lowest BCUT2D eigenvalue weighted by atomic mass is 10.0. The average Bonchev–Trinajstić information content (AvgIpc) is 2.57. The highest BCUT2D eigenvalue weighted by atomic mass is 35.5. The van der Waals surface area contributed by atoms with Crippen molar-refractivity contribution in [2.45, 2.75) is 32.7 Å². The molecule has 0 aliphatic rings. The zero-order valence-corrected chi connectivity index (χ0v) is 16.9. The lowest BCUT2D eigenvalue weighted by Crippen LogP contribution is -2.15. The van der Waals surface area contributed by atoms with Crippen molar-refractivity contribution in [3.63, 3.8) is 0 Å². The molecule has 26 heavy (non-hydrogen) atoms. The van der Waals surface area contributed by atoms with Crippen LogP contribution in [0.1, 0.15) is 22.3 Å². The molecule has 3 aromatic rings. The van der Waals surface area contributed by atoms with E-state index in [1.807, 2.05) is 25.1 Å². The van der Waals surface area contributed by atoms with E-state index in [-0.39, 0.29) is 5.91 Å². The second-order valence-corrected chi connectivity index (χ2v) is 7.98. The van der Waals surface area contributed by atoms with Gasteiger partial charge >= 0.3 is 0 Å². The molecule has 1 N–H and O–H groups in total. The minimum Gasteiger partial charge on any atom is -0.325 e. The summed E-state index contributed by atoms with van der Waals surface area (Å²) >= 11 is 7.45. The maximum Gasteiger partial charge on any atom is 0.234 e. The van der Waals surface area contributed by atoms with E-state index in [0.717, 1.165) is 27.4 Å². The number of pyridine rings is 1. The van der Waals surface area contributed by atoms with Crippen molar-refractivity contribution in [2.24, 2.45) is 0 Å². The number of rotatable bonds is 4. The number of fused-ring (bicyclic) bond motifs is 1. The summed E-state index contributed by atoms with van der Waals surface area (Å²) in [4.78, 5) is 17.1. The predicted octanol–water partition coefficient (Wildman–Crippen LogP) is 5.85. The molecule has 0 saturated carbocycles. The highest BCUT2D eigenvalue weighted by Gasteiger charge is 2.10. The van der Waals surface area contributed by atoms with Gasteiger partial charge in [0.2, 0.25) is 5.91 Å². The van der Waals surface area contributed by atoms with Gasteiger partial charge in [0.25, 0.3) is 0 Å². The van der Waals surface area contributed by atoms with E-state index in [1.54, 1.807) is 6.07 Å². The van der Waals surface area contributed by atoms with Crippen molar-refractivity contribution >= 4 is 45.9 Å². The summed E-state index contributed by atoms with van der Waals surface area (Å²) in [5.74, 6) is 0.231. The first-order valence-corrected chi connectivity index (χ1v) is 9.77. The number of amides is 1. The molecule has 3 rings (SSSR count). The largest absolute Gasteiger partial charge is 0.325 e. The van der Waals surface area contributed by atoms with Gasteiger partial charge in [-0.05, 0) is 68.7 Å². The van der Waals surface area contributed by atoms with Crippen molar-refractivity contribution in [2.75, 3.05) is 11.1 Å². The molecule has 134 valence electrons. The van der Waals surface area contributed by atoms with Crippen molar-refractivity contribution < 1.29 is 4.79 Å². The third kappa shape index (κ3) is 4.19. The van der Waals surface area contributed by atoms with E-state index in [2.05, 4.69) is 38.2 Å². The zero-order chi connectivity index (χ0) is 18.8. The van der Waals surface area contributed by atoms with Crippen LogP contribution in [0.2, 0.25) is 5.02 Å². The van der Waals surface area contributed by atoms with Crippen LogP contribution >= 0.6 is 23.4 Å². The lowest BCUT2D eigenvalue weighted by molar-refractivity contribution is -0.113. The molecule has 0 saturated heterocycles. The molecule has 5 heteroatoms. The number of aromatic nitrogens is 1. The smallest absolute Gasteiger partial charge is 0.234 e. The Morgan fingerprint density at radius 3 is 2.58 bits per heavy atom. The van der Waals surface area contributed by atoms with Crippen molar-refractivity contribution in [1.82, 2.24) is 4.98 Å². The van der Waals surface area contributed by atoms with Crippen LogP contribution in [0.25, 0.3) is 10.9 Å². The Hall–Kier alpha value is -2.04. The molecular formula is C21H21ClN2OS. The molecule has 2 aromatic carbocycles. The molecule has 0 aliphatic heterocycles. The highest BCUT2D eigenvalue weighted by Crippen LogP contribution is 2.27. The Kier molecular flexibility index (Phi) is 5.54. The number of thioether (sulfide) groups is 1. The second-order valence-electron chi connectivity index (χ2n) is 6.55. The number of nitrogens with zero attached hydrogens (tertiary/aromatic N) is 1. The molecule has 1 amide bonds. The fourth-order valence-corrected chi connectivity index (χ4v) is 3.88. The van der Waals surface area contributed by atoms with Crippen LogP contribution in [-0.2, 0) is 4.79 Å². The molecule has 0 aliphatic carbocycles. The van der Waals surface area contributed by atoms with Gasteiger partial charge in [0.15, 0.2) is 0 Å². The third-order valence-electron chi connectivity index (χ3n) is 4.26. The lowest BCUT2D eigenvalue weighted by Gasteiger charge is -2.11. The fraction of sp³-hybridized carbons (Fsp3) is 0.238. The predicted molar refractivity (Wildman–Crippen MR) is 111 cm³/mol. The molecule has 1 aromatic heterocycles. The third-order valence-corrected chi connectivity index (χ3v) is 5.40. The molecule has 0 unspecified atom stereocenters.